The van der Waals surface area contributed by atoms with Gasteiger partial charge in [0.2, 0.25) is 5.96 Å². The van der Waals surface area contributed by atoms with Crippen molar-refractivity contribution in [3.05, 3.63) is 23.2 Å². The van der Waals surface area contributed by atoms with Crippen LogP contribution in [0.3, 0.4) is 0 Å². The van der Waals surface area contributed by atoms with E-state index in [4.69, 9.17) is 10.2 Å². The summed E-state index contributed by atoms with van der Waals surface area (Å²) in [7, 11) is -1.79. The van der Waals surface area contributed by atoms with Crippen molar-refractivity contribution in [3.8, 4) is 0 Å². The molecule has 7 nitrogen and oxygen atoms in total. The first kappa shape index (κ1) is 19.9. The van der Waals surface area contributed by atoms with Crippen LogP contribution in [0.25, 0.3) is 0 Å². The van der Waals surface area contributed by atoms with Gasteiger partial charge >= 0.3 is 0 Å². The van der Waals surface area contributed by atoms with Crippen LogP contribution in [0.15, 0.2) is 14.9 Å². The fraction of sp³-hybridized carbons (Fsp3) is 0.643. The molecule has 0 spiro atoms. The zero-order valence-corrected chi connectivity index (χ0v) is 15.9. The van der Waals surface area contributed by atoms with Crippen LogP contribution >= 0.6 is 11.8 Å². The maximum absolute atomic E-state index is 11.1. The third-order valence-electron chi connectivity index (χ3n) is 2.83. The largest absolute Gasteiger partial charge is 0.463 e. The van der Waals surface area contributed by atoms with Crippen LogP contribution in [0.4, 0.5) is 0 Å². The molecule has 0 amide bonds. The van der Waals surface area contributed by atoms with E-state index in [-0.39, 0.29) is 5.96 Å². The zero-order chi connectivity index (χ0) is 17.7. The van der Waals surface area contributed by atoms with E-state index in [1.165, 1.54) is 0 Å². The number of nitrogens with zero attached hydrogens (tertiary/aromatic N) is 1. The molecule has 0 bridgehead atoms. The van der Waals surface area contributed by atoms with Crippen LogP contribution in [0.1, 0.15) is 30.9 Å². The number of rotatable bonds is 7. The Hall–Kier alpha value is -1.19. The second-order valence-electron chi connectivity index (χ2n) is 5.85. The molecule has 0 saturated carbocycles. The number of aryl methyl sites for hydroxylation is 1. The number of guanidine groups is 1. The number of nitrogens with two attached hydrogens (primary N) is 1. The van der Waals surface area contributed by atoms with Crippen LogP contribution < -0.4 is 16.4 Å². The average molecular weight is 363 g/mol. The van der Waals surface area contributed by atoms with Crippen molar-refractivity contribution in [2.75, 3.05) is 25.6 Å². The lowest BCUT2D eigenvalue weighted by molar-refractivity contribution is 0.378. The number of furan rings is 1. The monoisotopic (exact) mass is 362 g/mol. The minimum Gasteiger partial charge on any atom is -0.463 e. The van der Waals surface area contributed by atoms with E-state index in [2.05, 4.69) is 15.0 Å². The maximum Gasteiger partial charge on any atom is 0.253 e. The number of nitrogens with one attached hydrogen (secondary N) is 2. The van der Waals surface area contributed by atoms with Crippen LogP contribution in [0, 0.1) is 6.92 Å². The summed E-state index contributed by atoms with van der Waals surface area (Å²) in [5.41, 5.74) is 6.64. The third kappa shape index (κ3) is 7.28. The lowest BCUT2D eigenvalue weighted by atomic mass is 10.0. The van der Waals surface area contributed by atoms with E-state index < -0.39 is 15.6 Å². The van der Waals surface area contributed by atoms with Crippen molar-refractivity contribution in [3.63, 3.8) is 0 Å². The van der Waals surface area contributed by atoms with Gasteiger partial charge in [-0.1, -0.05) is 0 Å². The van der Waals surface area contributed by atoms with Gasteiger partial charge in [-0.15, -0.1) is 4.40 Å². The van der Waals surface area contributed by atoms with Crippen molar-refractivity contribution in [2.45, 2.75) is 32.1 Å². The maximum atomic E-state index is 11.1. The zero-order valence-electron chi connectivity index (χ0n) is 14.3. The summed E-state index contributed by atoms with van der Waals surface area (Å²) in [4.78, 5) is 0. The van der Waals surface area contributed by atoms with E-state index >= 15 is 0 Å². The molecule has 0 aliphatic rings. The standard InChI is InChI=1S/C14H26N4O3S2/c1-10-8-11(21-12(10)14(2,3)15)9-22-7-6-17-13(16-4)18-23(5,19)20/h8H,6-7,9,15H2,1-5H3,(H2,16,17,18). The highest BCUT2D eigenvalue weighted by atomic mass is 32.2. The second kappa shape index (κ2) is 8.07. The first-order valence-corrected chi connectivity index (χ1v) is 10.2. The first-order valence-electron chi connectivity index (χ1n) is 7.21. The van der Waals surface area contributed by atoms with Crippen molar-refractivity contribution >= 4 is 27.7 Å². The van der Waals surface area contributed by atoms with Gasteiger partial charge in [0.25, 0.3) is 10.0 Å². The molecule has 4 N–H and O–H groups in total. The molecule has 9 heteroatoms. The lowest BCUT2D eigenvalue weighted by Gasteiger charge is -2.16. The number of hydrogen-bond donors (Lipinski definition) is 3. The molecule has 0 aliphatic carbocycles. The van der Waals surface area contributed by atoms with Crippen LogP contribution in [-0.4, -0.2) is 40.0 Å². The van der Waals surface area contributed by atoms with Crippen LogP contribution in [-0.2, 0) is 21.3 Å². The Kier molecular flexibility index (Phi) is 6.97. The van der Waals surface area contributed by atoms with Crippen molar-refractivity contribution in [2.24, 2.45) is 10.1 Å². The van der Waals surface area contributed by atoms with Crippen LogP contribution in [0.2, 0.25) is 0 Å². The van der Waals surface area contributed by atoms with Gasteiger partial charge in [-0.2, -0.15) is 11.8 Å². The van der Waals surface area contributed by atoms with E-state index in [0.717, 1.165) is 34.8 Å². The van der Waals surface area contributed by atoms with E-state index in [1.807, 2.05) is 26.8 Å². The summed E-state index contributed by atoms with van der Waals surface area (Å²) in [6, 6.07) is 2.01. The Balaban J connectivity index is 2.43. The van der Waals surface area contributed by atoms with E-state index in [1.54, 1.807) is 18.8 Å². The Labute approximate surface area is 142 Å². The smallest absolute Gasteiger partial charge is 0.253 e. The molecule has 0 aliphatic heterocycles. The van der Waals surface area contributed by atoms with Crippen molar-refractivity contribution in [1.82, 2.24) is 10.6 Å². The Morgan fingerprint density at radius 1 is 1.48 bits per heavy atom. The predicted octanol–water partition coefficient (Wildman–Crippen LogP) is 1.14. The molecule has 23 heavy (non-hydrogen) atoms. The molecular formula is C14H26N4O3S2. The van der Waals surface area contributed by atoms with Gasteiger partial charge in [-0.3, -0.25) is 0 Å². The van der Waals surface area contributed by atoms with Gasteiger partial charge in [0, 0.05) is 19.3 Å². The van der Waals surface area contributed by atoms with Gasteiger partial charge in [0.15, 0.2) is 0 Å². The molecule has 1 rings (SSSR count). The summed E-state index contributed by atoms with van der Waals surface area (Å²) < 4.78 is 31.6. The minimum atomic E-state index is -3.41. The van der Waals surface area contributed by atoms with E-state index in [9.17, 15) is 8.42 Å². The number of hydrogen-bond acceptors (Lipinski definition) is 5. The Morgan fingerprint density at radius 3 is 2.61 bits per heavy atom. The summed E-state index contributed by atoms with van der Waals surface area (Å²) >= 11 is 1.68. The SMILES string of the molecule is CN/C(=N\S(C)(=O)=O)NCCSCc1cc(C)c(C(C)(C)N)o1. The summed E-state index contributed by atoms with van der Waals surface area (Å²) in [6.07, 6.45) is 1.05. The summed E-state index contributed by atoms with van der Waals surface area (Å²) in [5, 5.41) is 5.65. The quantitative estimate of drug-likeness (QED) is 0.379. The topological polar surface area (TPSA) is 110 Å². The summed E-state index contributed by atoms with van der Waals surface area (Å²) in [6.45, 7) is 6.42. The third-order valence-corrected chi connectivity index (χ3v) is 4.33. The molecule has 0 aromatic carbocycles. The number of sulfonamides is 1. The summed E-state index contributed by atoms with van der Waals surface area (Å²) in [5.74, 6) is 3.46. The molecule has 0 unspecified atom stereocenters. The van der Waals surface area contributed by atoms with E-state index in [0.29, 0.717) is 6.54 Å². The molecule has 1 heterocycles. The minimum absolute atomic E-state index is 0.245. The molecule has 0 atom stereocenters. The second-order valence-corrected chi connectivity index (χ2v) is 8.60. The molecule has 0 fully saturated rings. The average Bonchev–Trinajstić information content (AvgIpc) is 2.76. The lowest BCUT2D eigenvalue weighted by Crippen LogP contribution is -2.36. The molecule has 0 saturated heterocycles. The van der Waals surface area contributed by atoms with Gasteiger partial charge < -0.3 is 20.8 Å². The normalized spacial score (nSPS) is 13.2. The van der Waals surface area contributed by atoms with Gasteiger partial charge in [0.1, 0.15) is 11.5 Å². The van der Waals surface area contributed by atoms with Gasteiger partial charge in [0.05, 0.1) is 17.5 Å². The molecule has 1 aromatic rings. The molecular weight excluding hydrogens is 336 g/mol. The predicted molar refractivity (Wildman–Crippen MR) is 96.2 cm³/mol. The fourth-order valence-corrected chi connectivity index (χ4v) is 3.23. The highest BCUT2D eigenvalue weighted by Gasteiger charge is 2.21. The van der Waals surface area contributed by atoms with Crippen molar-refractivity contribution in [1.29, 1.82) is 0 Å². The van der Waals surface area contributed by atoms with Crippen molar-refractivity contribution < 1.29 is 12.8 Å². The van der Waals surface area contributed by atoms with Crippen LogP contribution in [0.5, 0.6) is 0 Å². The Morgan fingerprint density at radius 2 is 2.13 bits per heavy atom. The fourth-order valence-electron chi connectivity index (χ4n) is 2.01. The number of thioether (sulfide) groups is 1. The van der Waals surface area contributed by atoms with Gasteiger partial charge in [-0.05, 0) is 32.4 Å². The highest BCUT2D eigenvalue weighted by Crippen LogP contribution is 2.26. The first-order chi connectivity index (χ1) is 10.5. The van der Waals surface area contributed by atoms with Gasteiger partial charge in [-0.25, -0.2) is 8.42 Å². The molecule has 0 radical (unpaired) electrons. The highest BCUT2D eigenvalue weighted by molar-refractivity contribution is 7.98. The molecule has 132 valence electrons. The molecule has 1 aromatic heterocycles. The Bertz CT molecular complexity index is 645.